The van der Waals surface area contributed by atoms with Crippen molar-refractivity contribution in [1.29, 1.82) is 0 Å². The Bertz CT molecular complexity index is 433. The molecule has 0 spiro atoms. The molecule has 6 nitrogen and oxygen atoms in total. The predicted molar refractivity (Wildman–Crippen MR) is 76.8 cm³/mol. The van der Waals surface area contributed by atoms with Gasteiger partial charge in [0.25, 0.3) is 5.91 Å². The molecule has 0 atom stereocenters. The molecule has 112 valence electrons. The molecule has 0 aliphatic carbocycles. The van der Waals surface area contributed by atoms with Crippen LogP contribution < -0.4 is 15.8 Å². The van der Waals surface area contributed by atoms with Crippen molar-refractivity contribution in [2.75, 3.05) is 33.1 Å². The summed E-state index contributed by atoms with van der Waals surface area (Å²) in [5.41, 5.74) is 6.77. The van der Waals surface area contributed by atoms with Gasteiger partial charge < -0.3 is 25.3 Å². The Morgan fingerprint density at radius 2 is 2.05 bits per heavy atom. The van der Waals surface area contributed by atoms with Gasteiger partial charge >= 0.3 is 0 Å². The van der Waals surface area contributed by atoms with Crippen molar-refractivity contribution < 1.29 is 19.0 Å². The summed E-state index contributed by atoms with van der Waals surface area (Å²) in [6.45, 7) is 2.87. The fourth-order valence-electron chi connectivity index (χ4n) is 1.57. The molecule has 0 heterocycles. The maximum absolute atomic E-state index is 11.9. The van der Waals surface area contributed by atoms with Crippen LogP contribution in [0.2, 0.25) is 0 Å². The Kier molecular flexibility index (Phi) is 6.83. The summed E-state index contributed by atoms with van der Waals surface area (Å²) in [6, 6.07) is 4.96. The average Bonchev–Trinajstić information content (AvgIpc) is 2.46. The van der Waals surface area contributed by atoms with Gasteiger partial charge in [0.2, 0.25) is 0 Å². The van der Waals surface area contributed by atoms with Crippen LogP contribution in [0.25, 0.3) is 0 Å². The topological polar surface area (TPSA) is 82.8 Å². The summed E-state index contributed by atoms with van der Waals surface area (Å²) in [4.78, 5) is 11.9. The van der Waals surface area contributed by atoms with Crippen molar-refractivity contribution in [3.63, 3.8) is 0 Å². The highest BCUT2D eigenvalue weighted by Gasteiger charge is 2.11. The summed E-state index contributed by atoms with van der Waals surface area (Å²) in [5.74, 6) is 0.355. The van der Waals surface area contributed by atoms with Gasteiger partial charge in [-0.2, -0.15) is 0 Å². The maximum atomic E-state index is 11.9. The maximum Gasteiger partial charge on any atom is 0.251 e. The number of hydrogen-bond donors (Lipinski definition) is 2. The highest BCUT2D eigenvalue weighted by atomic mass is 16.7. The van der Waals surface area contributed by atoms with Crippen molar-refractivity contribution in [3.05, 3.63) is 23.8 Å². The van der Waals surface area contributed by atoms with E-state index < -0.39 is 6.29 Å². The third-order valence-corrected chi connectivity index (χ3v) is 2.69. The molecule has 0 saturated heterocycles. The van der Waals surface area contributed by atoms with Gasteiger partial charge in [-0.3, -0.25) is 4.79 Å². The molecule has 6 heteroatoms. The third-order valence-electron chi connectivity index (χ3n) is 2.69. The zero-order valence-corrected chi connectivity index (χ0v) is 12.1. The number of carbonyl (C=O) groups is 1. The first-order valence-electron chi connectivity index (χ1n) is 6.48. The fraction of sp³-hybridized carbons (Fsp3) is 0.500. The lowest BCUT2D eigenvalue weighted by Gasteiger charge is -2.14. The number of nitrogen functional groups attached to an aromatic ring is 1. The lowest BCUT2D eigenvalue weighted by molar-refractivity contribution is -0.0974. The summed E-state index contributed by atoms with van der Waals surface area (Å²) >= 11 is 0. The average molecular weight is 282 g/mol. The first-order chi connectivity index (χ1) is 9.62. The van der Waals surface area contributed by atoms with Gasteiger partial charge in [0.15, 0.2) is 6.29 Å². The lowest BCUT2D eigenvalue weighted by atomic mass is 10.1. The fourth-order valence-corrected chi connectivity index (χ4v) is 1.57. The molecule has 0 aliphatic heterocycles. The highest BCUT2D eigenvalue weighted by Crippen LogP contribution is 2.22. The number of ether oxygens (including phenoxy) is 3. The van der Waals surface area contributed by atoms with Crippen LogP contribution in [0.15, 0.2) is 18.2 Å². The molecule has 0 fully saturated rings. The molecule has 1 aromatic rings. The zero-order chi connectivity index (χ0) is 15.0. The molecule has 1 amide bonds. The Labute approximate surface area is 119 Å². The molecule has 0 bridgehead atoms. The van der Waals surface area contributed by atoms with Gasteiger partial charge in [0.05, 0.1) is 18.8 Å². The van der Waals surface area contributed by atoms with Crippen LogP contribution in [-0.4, -0.2) is 39.6 Å². The molecule has 1 rings (SSSR count). The van der Waals surface area contributed by atoms with E-state index in [-0.39, 0.29) is 12.5 Å². The van der Waals surface area contributed by atoms with Gasteiger partial charge in [-0.25, -0.2) is 0 Å². The number of carbonyl (C=O) groups excluding carboxylic acids is 1. The number of methoxy groups -OCH3 is 2. The van der Waals surface area contributed by atoms with Crippen molar-refractivity contribution in [2.45, 2.75) is 19.6 Å². The number of benzene rings is 1. The van der Waals surface area contributed by atoms with Gasteiger partial charge in [-0.05, 0) is 24.6 Å². The van der Waals surface area contributed by atoms with Crippen molar-refractivity contribution in [2.24, 2.45) is 0 Å². The summed E-state index contributed by atoms with van der Waals surface area (Å²) in [7, 11) is 3.02. The van der Waals surface area contributed by atoms with E-state index in [1.807, 2.05) is 6.92 Å². The second-order valence-electron chi connectivity index (χ2n) is 4.21. The van der Waals surface area contributed by atoms with Crippen LogP contribution in [-0.2, 0) is 9.47 Å². The second kappa shape index (κ2) is 8.39. The standard InChI is InChI=1S/C14H22N2O4/c1-4-7-20-12-6-5-10(8-11(12)15)14(17)16-9-13(18-2)19-3/h5-6,8,13H,4,7,9,15H2,1-3H3,(H,16,17). The minimum absolute atomic E-state index is 0.238. The van der Waals surface area contributed by atoms with Crippen LogP contribution in [0.3, 0.4) is 0 Å². The molecule has 0 unspecified atom stereocenters. The monoisotopic (exact) mass is 282 g/mol. The number of hydrogen-bond acceptors (Lipinski definition) is 5. The molecule has 20 heavy (non-hydrogen) atoms. The minimum atomic E-state index is -0.469. The van der Waals surface area contributed by atoms with E-state index in [0.717, 1.165) is 6.42 Å². The molecule has 0 aromatic heterocycles. The summed E-state index contributed by atoms with van der Waals surface area (Å²) in [6.07, 6.45) is 0.431. The van der Waals surface area contributed by atoms with E-state index >= 15 is 0 Å². The smallest absolute Gasteiger partial charge is 0.251 e. The molecule has 0 aliphatic rings. The number of amides is 1. The quantitative estimate of drug-likeness (QED) is 0.556. The van der Waals surface area contributed by atoms with Gasteiger partial charge in [0, 0.05) is 19.8 Å². The molecule has 3 N–H and O–H groups in total. The molecule has 0 radical (unpaired) electrons. The Hall–Kier alpha value is -1.79. The van der Waals surface area contributed by atoms with Gasteiger partial charge in [-0.1, -0.05) is 6.92 Å². The summed E-state index contributed by atoms with van der Waals surface area (Å²) < 4.78 is 15.4. The van der Waals surface area contributed by atoms with Crippen molar-refractivity contribution in [1.82, 2.24) is 5.32 Å². The van der Waals surface area contributed by atoms with Gasteiger partial charge in [-0.15, -0.1) is 0 Å². The highest BCUT2D eigenvalue weighted by molar-refractivity contribution is 5.95. The van der Waals surface area contributed by atoms with Crippen LogP contribution in [0.4, 0.5) is 5.69 Å². The Morgan fingerprint density at radius 1 is 1.35 bits per heavy atom. The zero-order valence-electron chi connectivity index (χ0n) is 12.1. The summed E-state index contributed by atoms with van der Waals surface area (Å²) in [5, 5.41) is 2.71. The van der Waals surface area contributed by atoms with E-state index in [1.54, 1.807) is 18.2 Å². The van der Waals surface area contributed by atoms with Crippen LogP contribution in [0.1, 0.15) is 23.7 Å². The van der Waals surface area contributed by atoms with E-state index in [0.29, 0.717) is 23.6 Å². The molecular formula is C14H22N2O4. The number of rotatable bonds is 8. The van der Waals surface area contributed by atoms with E-state index in [4.69, 9.17) is 19.9 Å². The van der Waals surface area contributed by atoms with Gasteiger partial charge in [0.1, 0.15) is 5.75 Å². The third kappa shape index (κ3) is 4.71. The van der Waals surface area contributed by atoms with Crippen LogP contribution in [0.5, 0.6) is 5.75 Å². The SMILES string of the molecule is CCCOc1ccc(C(=O)NCC(OC)OC)cc1N. The van der Waals surface area contributed by atoms with Crippen LogP contribution >= 0.6 is 0 Å². The molecule has 0 saturated carbocycles. The van der Waals surface area contributed by atoms with Crippen molar-refractivity contribution >= 4 is 11.6 Å². The normalized spacial score (nSPS) is 10.6. The lowest BCUT2D eigenvalue weighted by Crippen LogP contribution is -2.34. The van der Waals surface area contributed by atoms with E-state index in [1.165, 1.54) is 14.2 Å². The molecule has 1 aromatic carbocycles. The van der Waals surface area contributed by atoms with Crippen LogP contribution in [0, 0.1) is 0 Å². The second-order valence-corrected chi connectivity index (χ2v) is 4.21. The number of anilines is 1. The first kappa shape index (κ1) is 16.3. The van der Waals surface area contributed by atoms with E-state index in [2.05, 4.69) is 5.32 Å². The molecular weight excluding hydrogens is 260 g/mol. The number of nitrogens with two attached hydrogens (primary N) is 1. The predicted octanol–water partition coefficient (Wildman–Crippen LogP) is 1.41. The largest absolute Gasteiger partial charge is 0.491 e. The van der Waals surface area contributed by atoms with E-state index in [9.17, 15) is 4.79 Å². The van der Waals surface area contributed by atoms with Crippen molar-refractivity contribution in [3.8, 4) is 5.75 Å². The number of nitrogens with one attached hydrogen (secondary N) is 1. The minimum Gasteiger partial charge on any atom is -0.491 e. The first-order valence-corrected chi connectivity index (χ1v) is 6.48. The Balaban J connectivity index is 2.62. The Morgan fingerprint density at radius 3 is 2.60 bits per heavy atom.